The van der Waals surface area contributed by atoms with Crippen LogP contribution in [-0.4, -0.2) is 16.7 Å². The Morgan fingerprint density at radius 3 is 1.33 bits per heavy atom. The largest absolute Gasteiger partial charge is 0.311 e. The molecule has 0 N–H and O–H groups in total. The molecule has 0 bridgehead atoms. The molecule has 0 saturated carbocycles. The third-order valence-electron chi connectivity index (χ3n) is 15.7. The molecular weight excluding hydrogens is 884 g/mol. The van der Waals surface area contributed by atoms with E-state index in [1.807, 2.05) is 0 Å². The number of anilines is 6. The van der Waals surface area contributed by atoms with Gasteiger partial charge in [0, 0.05) is 61.4 Å². The first-order valence-corrected chi connectivity index (χ1v) is 25.7. The van der Waals surface area contributed by atoms with Gasteiger partial charge in [-0.1, -0.05) is 211 Å². The number of para-hydroxylation sites is 1. The van der Waals surface area contributed by atoms with E-state index in [-0.39, 0.29) is 17.5 Å². The van der Waals surface area contributed by atoms with E-state index >= 15 is 0 Å². The van der Waals surface area contributed by atoms with E-state index in [0.29, 0.717) is 5.82 Å². The van der Waals surface area contributed by atoms with E-state index in [1.165, 1.54) is 82.0 Å². The average Bonchev–Trinajstić information content (AvgIpc) is 3.42. The zero-order valence-electron chi connectivity index (χ0n) is 42.1. The Hall–Kier alpha value is -8.54. The smallest absolute Gasteiger partial charge is 0.252 e. The molecule has 0 fully saturated rings. The fourth-order valence-electron chi connectivity index (χ4n) is 12.1. The van der Waals surface area contributed by atoms with E-state index < -0.39 is 0 Å². The maximum Gasteiger partial charge on any atom is 0.252 e. The molecule has 14 rings (SSSR count). The van der Waals surface area contributed by atoms with Crippen molar-refractivity contribution >= 4 is 111 Å². The van der Waals surface area contributed by atoms with Gasteiger partial charge in [0.05, 0.1) is 11.2 Å². The number of fused-ring (bicyclic) bond motifs is 13. The molecule has 12 aromatic rings. The Morgan fingerprint density at radius 1 is 0.370 bits per heavy atom. The summed E-state index contributed by atoms with van der Waals surface area (Å²) in [6.45, 7) is 13.7. The molecular formula is C68H53BN4. The highest BCUT2D eigenvalue weighted by molar-refractivity contribution is 7.01. The van der Waals surface area contributed by atoms with Crippen LogP contribution in [0.3, 0.4) is 0 Å². The van der Waals surface area contributed by atoms with Crippen LogP contribution in [0.1, 0.15) is 52.7 Å². The Kier molecular flexibility index (Phi) is 9.47. The summed E-state index contributed by atoms with van der Waals surface area (Å²) >= 11 is 0. The van der Waals surface area contributed by atoms with Crippen LogP contribution < -0.4 is 26.2 Å². The van der Waals surface area contributed by atoms with Gasteiger partial charge in [-0.2, -0.15) is 0 Å². The summed E-state index contributed by atoms with van der Waals surface area (Å²) in [5.41, 5.74) is 17.1. The van der Waals surface area contributed by atoms with Crippen molar-refractivity contribution in [2.45, 2.75) is 52.4 Å². The molecule has 1 aromatic heterocycles. The van der Waals surface area contributed by atoms with Crippen LogP contribution in [0.2, 0.25) is 0 Å². The van der Waals surface area contributed by atoms with Gasteiger partial charge in [0.1, 0.15) is 0 Å². The summed E-state index contributed by atoms with van der Waals surface area (Å²) in [6, 6.07) is 79.1. The Bertz CT molecular complexity index is 4010. The molecule has 2 aliphatic heterocycles. The number of aromatic nitrogens is 2. The number of nitrogens with zero attached hydrogens (tertiary/aromatic N) is 4. The molecule has 0 unspecified atom stereocenters. The van der Waals surface area contributed by atoms with Gasteiger partial charge in [-0.05, 0) is 113 Å². The van der Waals surface area contributed by atoms with Crippen LogP contribution in [-0.2, 0) is 10.8 Å². The molecule has 5 heteroatoms. The van der Waals surface area contributed by atoms with E-state index in [1.54, 1.807) is 0 Å². The van der Waals surface area contributed by atoms with E-state index in [4.69, 9.17) is 9.97 Å². The lowest BCUT2D eigenvalue weighted by atomic mass is 9.33. The topological polar surface area (TPSA) is 32.3 Å². The summed E-state index contributed by atoms with van der Waals surface area (Å²) < 4.78 is 0. The third-order valence-corrected chi connectivity index (χ3v) is 15.7. The van der Waals surface area contributed by atoms with E-state index in [9.17, 15) is 0 Å². The molecule has 0 saturated heterocycles. The van der Waals surface area contributed by atoms with Crippen molar-refractivity contribution in [1.29, 1.82) is 0 Å². The number of hydrogen-bond donors (Lipinski definition) is 0. The molecule has 0 amide bonds. The highest BCUT2D eigenvalue weighted by Crippen LogP contribution is 2.50. The average molecular weight is 937 g/mol. The minimum absolute atomic E-state index is 0.0144. The first kappa shape index (κ1) is 43.3. The van der Waals surface area contributed by atoms with Gasteiger partial charge in [0.15, 0.2) is 5.82 Å². The monoisotopic (exact) mass is 936 g/mol. The van der Waals surface area contributed by atoms with Crippen LogP contribution in [0.15, 0.2) is 212 Å². The molecule has 3 heterocycles. The second-order valence-electron chi connectivity index (χ2n) is 22.2. The second-order valence-corrected chi connectivity index (χ2v) is 22.2. The molecule has 0 radical (unpaired) electrons. The first-order valence-electron chi connectivity index (χ1n) is 25.7. The molecule has 2 aliphatic rings. The number of benzene rings is 11. The summed E-state index contributed by atoms with van der Waals surface area (Å²) in [7, 11) is 0. The third kappa shape index (κ3) is 6.75. The second kappa shape index (κ2) is 16.0. The lowest BCUT2D eigenvalue weighted by Gasteiger charge is -2.45. The summed E-state index contributed by atoms with van der Waals surface area (Å²) in [5.74, 6) is 0.703. The molecule has 4 nitrogen and oxygen atoms in total. The zero-order valence-corrected chi connectivity index (χ0v) is 42.1. The molecule has 0 aliphatic carbocycles. The van der Waals surface area contributed by atoms with Crippen LogP contribution in [0.25, 0.3) is 76.6 Å². The van der Waals surface area contributed by atoms with Gasteiger partial charge >= 0.3 is 0 Å². The zero-order chi connectivity index (χ0) is 49.3. The minimum atomic E-state index is -0.104. The molecule has 0 spiro atoms. The number of rotatable bonds is 4. The SMILES string of the molecule is CC(C)(C)c1ccc(N2c3cc(-c4nc(-c5ccccc5)nc5ccccc45)cc4c3B(c3ccc5c(ccc6ccccc65)c32)c2ccc3c(ccc5ccccc53)c2N4c2ccc(C(C)(C)C)cc2)cc1. The van der Waals surface area contributed by atoms with Crippen molar-refractivity contribution in [3.63, 3.8) is 0 Å². The number of hydrogen-bond acceptors (Lipinski definition) is 4. The van der Waals surface area contributed by atoms with Crippen LogP contribution in [0.4, 0.5) is 34.1 Å². The van der Waals surface area contributed by atoms with Crippen molar-refractivity contribution in [3.05, 3.63) is 223 Å². The minimum Gasteiger partial charge on any atom is -0.311 e. The Morgan fingerprint density at radius 2 is 0.822 bits per heavy atom. The highest BCUT2D eigenvalue weighted by atomic mass is 15.2. The quantitative estimate of drug-likeness (QED) is 0.130. The van der Waals surface area contributed by atoms with E-state index in [0.717, 1.165) is 50.5 Å². The van der Waals surface area contributed by atoms with Crippen molar-refractivity contribution < 1.29 is 0 Å². The molecule has 11 aromatic carbocycles. The van der Waals surface area contributed by atoms with Gasteiger partial charge < -0.3 is 9.80 Å². The summed E-state index contributed by atoms with van der Waals surface area (Å²) in [4.78, 5) is 16.0. The molecule has 348 valence electrons. The van der Waals surface area contributed by atoms with Gasteiger partial charge in [-0.3, -0.25) is 0 Å². The van der Waals surface area contributed by atoms with Crippen molar-refractivity contribution in [3.8, 4) is 22.6 Å². The highest BCUT2D eigenvalue weighted by Gasteiger charge is 2.45. The van der Waals surface area contributed by atoms with E-state index in [2.05, 4.69) is 264 Å². The van der Waals surface area contributed by atoms with Gasteiger partial charge in [-0.15, -0.1) is 0 Å². The van der Waals surface area contributed by atoms with Crippen molar-refractivity contribution in [1.82, 2.24) is 9.97 Å². The van der Waals surface area contributed by atoms with Crippen LogP contribution in [0, 0.1) is 0 Å². The van der Waals surface area contributed by atoms with Crippen LogP contribution >= 0.6 is 0 Å². The van der Waals surface area contributed by atoms with Gasteiger partial charge in [0.2, 0.25) is 0 Å². The van der Waals surface area contributed by atoms with Crippen molar-refractivity contribution in [2.24, 2.45) is 0 Å². The fraction of sp³-hybridized carbons (Fsp3) is 0.118. The maximum absolute atomic E-state index is 5.58. The standard InChI is InChI=1S/C68H53BN4/c1-67(2,3)46-26-30-48(31-27-46)72-60-40-45(63-56-22-14-15-23-59(56)70-66(71-63)44-18-8-7-9-19-44)41-61-62(60)69(57-38-36-52-50-20-12-10-16-42(50)24-34-54(52)64(57)72)58-39-37-53-51-21-13-11-17-43(51)25-35-55(53)65(58)73(61)49-32-28-47(29-33-49)68(4,5)6/h7-41H,1-6H3. The predicted octanol–water partition coefficient (Wildman–Crippen LogP) is 16.3. The maximum atomic E-state index is 5.58. The lowest BCUT2D eigenvalue weighted by Crippen LogP contribution is -2.61. The fourth-order valence-corrected chi connectivity index (χ4v) is 12.1. The van der Waals surface area contributed by atoms with Crippen molar-refractivity contribution in [2.75, 3.05) is 9.80 Å². The first-order chi connectivity index (χ1) is 35.5. The van der Waals surface area contributed by atoms with Crippen LogP contribution in [0.5, 0.6) is 0 Å². The molecule has 73 heavy (non-hydrogen) atoms. The summed E-state index contributed by atoms with van der Waals surface area (Å²) in [5, 5.41) is 10.9. The Balaban J connectivity index is 1.16. The normalized spacial score (nSPS) is 13.3. The van der Waals surface area contributed by atoms with Gasteiger partial charge in [0.25, 0.3) is 6.71 Å². The Labute approximate surface area is 427 Å². The molecule has 0 atom stereocenters. The predicted molar refractivity (Wildman–Crippen MR) is 312 cm³/mol. The lowest BCUT2D eigenvalue weighted by molar-refractivity contribution is 0.590. The summed E-state index contributed by atoms with van der Waals surface area (Å²) in [6.07, 6.45) is 0. The van der Waals surface area contributed by atoms with Gasteiger partial charge in [-0.25, -0.2) is 9.97 Å².